The van der Waals surface area contributed by atoms with Gasteiger partial charge in [-0.25, -0.2) is 8.42 Å². The highest BCUT2D eigenvalue weighted by atomic mass is 35.5. The fourth-order valence-electron chi connectivity index (χ4n) is 2.00. The zero-order valence-electron chi connectivity index (χ0n) is 12.5. The monoisotopic (exact) mass is 351 g/mol. The van der Waals surface area contributed by atoms with Crippen LogP contribution in [0.25, 0.3) is 0 Å². The molecule has 2 aromatic carbocycles. The smallest absolute Gasteiger partial charge is 0.257 e. The molecule has 5 nitrogen and oxygen atoms in total. The van der Waals surface area contributed by atoms with Crippen molar-refractivity contribution in [3.8, 4) is 0 Å². The summed E-state index contributed by atoms with van der Waals surface area (Å²) in [7, 11) is -3.46. The maximum absolute atomic E-state index is 12.4. The van der Waals surface area contributed by atoms with Gasteiger partial charge in [0.15, 0.2) is 15.6 Å². The van der Waals surface area contributed by atoms with Crippen LogP contribution in [0.2, 0.25) is 5.02 Å². The average Bonchev–Trinajstić information content (AvgIpc) is 2.46. The van der Waals surface area contributed by atoms with E-state index in [0.29, 0.717) is 11.3 Å². The number of sulfone groups is 1. The van der Waals surface area contributed by atoms with Gasteiger partial charge in [0.1, 0.15) is 0 Å². The van der Waals surface area contributed by atoms with Gasteiger partial charge in [0.25, 0.3) is 5.91 Å². The Bertz CT molecular complexity index is 891. The topological polar surface area (TPSA) is 80.3 Å². The van der Waals surface area contributed by atoms with Gasteiger partial charge in [0.2, 0.25) is 0 Å². The summed E-state index contributed by atoms with van der Waals surface area (Å²) in [6.45, 7) is 1.39. The molecule has 0 saturated heterocycles. The molecule has 1 amide bonds. The Hall–Kier alpha value is -2.18. The Morgan fingerprint density at radius 1 is 1.04 bits per heavy atom. The number of hydrogen-bond acceptors (Lipinski definition) is 4. The van der Waals surface area contributed by atoms with Crippen molar-refractivity contribution in [1.29, 1.82) is 0 Å². The lowest BCUT2D eigenvalue weighted by Gasteiger charge is -2.11. The lowest BCUT2D eigenvalue weighted by Crippen LogP contribution is -2.15. The number of benzene rings is 2. The fraction of sp³-hybridized carbons (Fsp3) is 0.125. The number of Topliss-reactive ketones (excluding diaryl/α,β-unsaturated/α-hetero) is 1. The summed E-state index contributed by atoms with van der Waals surface area (Å²) >= 11 is 5.99. The van der Waals surface area contributed by atoms with Crippen molar-refractivity contribution in [2.75, 3.05) is 11.6 Å². The van der Waals surface area contributed by atoms with Gasteiger partial charge in [-0.2, -0.15) is 0 Å². The Morgan fingerprint density at radius 2 is 1.70 bits per heavy atom. The molecule has 0 aliphatic heterocycles. The summed E-state index contributed by atoms with van der Waals surface area (Å²) in [6, 6.07) is 10.4. The zero-order chi connectivity index (χ0) is 17.2. The highest BCUT2D eigenvalue weighted by Crippen LogP contribution is 2.23. The number of ketones is 1. The summed E-state index contributed by atoms with van der Waals surface area (Å²) in [5.41, 5.74) is 0.718. The Balaban J connectivity index is 2.41. The van der Waals surface area contributed by atoms with Gasteiger partial charge < -0.3 is 5.32 Å². The van der Waals surface area contributed by atoms with Crippen molar-refractivity contribution >= 4 is 38.8 Å². The Labute approximate surface area is 139 Å². The molecule has 2 aromatic rings. The number of amides is 1. The van der Waals surface area contributed by atoms with Crippen LogP contribution in [0, 0.1) is 0 Å². The molecule has 0 bridgehead atoms. The third kappa shape index (κ3) is 3.97. The van der Waals surface area contributed by atoms with Gasteiger partial charge >= 0.3 is 0 Å². The number of para-hydroxylation sites is 1. The van der Waals surface area contributed by atoms with Crippen LogP contribution in [0.4, 0.5) is 5.69 Å². The quantitative estimate of drug-likeness (QED) is 0.858. The van der Waals surface area contributed by atoms with Crippen molar-refractivity contribution < 1.29 is 18.0 Å². The second kappa shape index (κ2) is 6.52. The van der Waals surface area contributed by atoms with Crippen molar-refractivity contribution in [3.05, 3.63) is 58.6 Å². The van der Waals surface area contributed by atoms with Crippen LogP contribution in [0.15, 0.2) is 47.4 Å². The molecular formula is C16H14ClNO4S. The van der Waals surface area contributed by atoms with E-state index in [1.165, 1.54) is 25.1 Å². The molecule has 0 spiro atoms. The first-order chi connectivity index (χ1) is 10.7. The molecule has 0 heterocycles. The van der Waals surface area contributed by atoms with Crippen molar-refractivity contribution in [2.24, 2.45) is 0 Å². The standard InChI is InChI=1S/C16H14ClNO4S/c1-10(19)12-5-3-4-6-15(12)18-16(20)13-9-11(23(2,21)22)7-8-14(13)17/h3-9H,1-2H3,(H,18,20). The normalized spacial score (nSPS) is 11.1. The number of rotatable bonds is 4. The lowest BCUT2D eigenvalue weighted by atomic mass is 10.1. The maximum Gasteiger partial charge on any atom is 0.257 e. The molecule has 7 heteroatoms. The van der Waals surface area contributed by atoms with Crippen molar-refractivity contribution in [2.45, 2.75) is 11.8 Å². The summed E-state index contributed by atoms with van der Waals surface area (Å²) in [5, 5.41) is 2.71. The van der Waals surface area contributed by atoms with E-state index in [4.69, 9.17) is 11.6 Å². The average molecular weight is 352 g/mol. The van der Waals surface area contributed by atoms with E-state index >= 15 is 0 Å². The van der Waals surface area contributed by atoms with Gasteiger partial charge in [-0.15, -0.1) is 0 Å². The number of halogens is 1. The van der Waals surface area contributed by atoms with Gasteiger partial charge in [-0.3, -0.25) is 9.59 Å². The largest absolute Gasteiger partial charge is 0.321 e. The van der Waals surface area contributed by atoms with Crippen LogP contribution in [0.3, 0.4) is 0 Å². The maximum atomic E-state index is 12.4. The van der Waals surface area contributed by atoms with Crippen LogP contribution in [-0.4, -0.2) is 26.4 Å². The fourth-order valence-corrected chi connectivity index (χ4v) is 2.85. The van der Waals surface area contributed by atoms with E-state index in [1.54, 1.807) is 24.3 Å². The molecular weight excluding hydrogens is 338 g/mol. The summed E-state index contributed by atoms with van der Waals surface area (Å²) in [6.07, 6.45) is 1.04. The molecule has 0 aliphatic carbocycles. The van der Waals surface area contributed by atoms with Gasteiger partial charge in [0, 0.05) is 11.8 Å². The SMILES string of the molecule is CC(=O)c1ccccc1NC(=O)c1cc(S(C)(=O)=O)ccc1Cl. The predicted molar refractivity (Wildman–Crippen MR) is 89.0 cm³/mol. The van der Waals surface area contributed by atoms with Crippen LogP contribution in [0.1, 0.15) is 27.6 Å². The molecule has 120 valence electrons. The minimum atomic E-state index is -3.46. The van der Waals surface area contributed by atoms with Gasteiger partial charge in [-0.1, -0.05) is 23.7 Å². The highest BCUT2D eigenvalue weighted by molar-refractivity contribution is 7.90. The summed E-state index contributed by atoms with van der Waals surface area (Å²) in [5.74, 6) is -0.786. The van der Waals surface area contributed by atoms with E-state index in [9.17, 15) is 18.0 Å². The second-order valence-corrected chi connectivity index (χ2v) is 7.39. The molecule has 1 N–H and O–H groups in total. The van der Waals surface area contributed by atoms with Crippen molar-refractivity contribution in [3.63, 3.8) is 0 Å². The van der Waals surface area contributed by atoms with Crippen LogP contribution < -0.4 is 5.32 Å². The van der Waals surface area contributed by atoms with Crippen molar-refractivity contribution in [1.82, 2.24) is 0 Å². The highest BCUT2D eigenvalue weighted by Gasteiger charge is 2.17. The molecule has 2 rings (SSSR count). The van der Waals surface area contributed by atoms with Crippen LogP contribution >= 0.6 is 11.6 Å². The number of carbonyl (C=O) groups is 2. The number of nitrogens with one attached hydrogen (secondary N) is 1. The third-order valence-corrected chi connectivity index (χ3v) is 4.60. The molecule has 0 unspecified atom stereocenters. The van der Waals surface area contributed by atoms with Gasteiger partial charge in [-0.05, 0) is 37.3 Å². The molecule has 0 aromatic heterocycles. The number of carbonyl (C=O) groups excluding carboxylic acids is 2. The van der Waals surface area contributed by atoms with E-state index in [2.05, 4.69) is 5.32 Å². The van der Waals surface area contributed by atoms with Crippen LogP contribution in [-0.2, 0) is 9.84 Å². The third-order valence-electron chi connectivity index (χ3n) is 3.17. The minimum absolute atomic E-state index is 0.00750. The minimum Gasteiger partial charge on any atom is -0.321 e. The first-order valence-corrected chi connectivity index (χ1v) is 8.88. The molecule has 0 atom stereocenters. The second-order valence-electron chi connectivity index (χ2n) is 4.97. The molecule has 0 radical (unpaired) electrons. The van der Waals surface area contributed by atoms with E-state index in [0.717, 1.165) is 6.26 Å². The predicted octanol–water partition coefficient (Wildman–Crippen LogP) is 3.20. The first-order valence-electron chi connectivity index (χ1n) is 6.61. The van der Waals surface area contributed by atoms with Crippen LogP contribution in [0.5, 0.6) is 0 Å². The Kier molecular flexibility index (Phi) is 4.87. The molecule has 23 heavy (non-hydrogen) atoms. The Morgan fingerprint density at radius 3 is 2.30 bits per heavy atom. The number of hydrogen-bond donors (Lipinski definition) is 1. The lowest BCUT2D eigenvalue weighted by molar-refractivity contribution is 0.101. The summed E-state index contributed by atoms with van der Waals surface area (Å²) in [4.78, 5) is 24.0. The zero-order valence-corrected chi connectivity index (χ0v) is 14.0. The first kappa shape index (κ1) is 17.2. The molecule has 0 aliphatic rings. The molecule has 0 fully saturated rings. The van der Waals surface area contributed by atoms with E-state index < -0.39 is 15.7 Å². The van der Waals surface area contributed by atoms with E-state index in [1.807, 2.05) is 0 Å². The van der Waals surface area contributed by atoms with E-state index in [-0.39, 0.29) is 21.3 Å². The van der Waals surface area contributed by atoms with Gasteiger partial charge in [0.05, 0.1) is 21.2 Å². The number of anilines is 1. The summed E-state index contributed by atoms with van der Waals surface area (Å²) < 4.78 is 23.2. The molecule has 0 saturated carbocycles.